The Morgan fingerprint density at radius 1 is 1.11 bits per heavy atom. The zero-order chi connectivity index (χ0) is 13.8. The Hall–Kier alpha value is -0.470. The van der Waals surface area contributed by atoms with Crippen molar-refractivity contribution in [1.29, 1.82) is 0 Å². The van der Waals surface area contributed by atoms with Crippen molar-refractivity contribution in [3.05, 3.63) is 34.9 Å². The van der Waals surface area contributed by atoms with Gasteiger partial charge in [-0.05, 0) is 40.2 Å². The van der Waals surface area contributed by atoms with E-state index in [4.69, 9.17) is 0 Å². The number of nitrogens with one attached hydrogen (secondary N) is 1. The first-order chi connectivity index (χ1) is 8.26. The maximum Gasteiger partial charge on any atom is 0.0187 e. The molecule has 1 aromatic carbocycles. The number of rotatable bonds is 5. The Bertz CT molecular complexity index is 359. The van der Waals surface area contributed by atoms with Crippen LogP contribution in [0.3, 0.4) is 0 Å². The summed E-state index contributed by atoms with van der Waals surface area (Å²) in [5, 5.41) is 4.20. The molecular formula is C16H27NS. The van der Waals surface area contributed by atoms with Crippen LogP contribution in [0.1, 0.15) is 44.4 Å². The molecule has 0 saturated heterocycles. The molecule has 102 valence electrons. The van der Waals surface area contributed by atoms with E-state index in [0.29, 0.717) is 5.25 Å². The fourth-order valence-electron chi connectivity index (χ4n) is 1.90. The Morgan fingerprint density at radius 2 is 1.67 bits per heavy atom. The van der Waals surface area contributed by atoms with Crippen molar-refractivity contribution in [2.75, 3.05) is 6.54 Å². The SMILES string of the molecule is Cc1cc(C)cc(CSC(C)CNC(C)(C)C)c1. The third-order valence-corrected chi connectivity index (χ3v) is 3.97. The van der Waals surface area contributed by atoms with E-state index in [2.05, 4.69) is 65.1 Å². The minimum absolute atomic E-state index is 0.217. The van der Waals surface area contributed by atoms with Gasteiger partial charge in [0, 0.05) is 23.1 Å². The minimum Gasteiger partial charge on any atom is -0.311 e. The smallest absolute Gasteiger partial charge is 0.0187 e. The second kappa shape index (κ2) is 6.63. The standard InChI is InChI=1S/C16H27NS/c1-12-7-13(2)9-15(8-12)11-18-14(3)10-17-16(4,5)6/h7-9,14,17H,10-11H2,1-6H3. The molecule has 1 N–H and O–H groups in total. The van der Waals surface area contributed by atoms with Gasteiger partial charge in [-0.2, -0.15) is 11.8 Å². The van der Waals surface area contributed by atoms with Gasteiger partial charge < -0.3 is 5.32 Å². The molecule has 0 aliphatic rings. The molecule has 1 unspecified atom stereocenters. The molecule has 0 aliphatic heterocycles. The van der Waals surface area contributed by atoms with Crippen LogP contribution in [0.25, 0.3) is 0 Å². The van der Waals surface area contributed by atoms with Crippen LogP contribution in [0, 0.1) is 13.8 Å². The van der Waals surface area contributed by atoms with Crippen molar-refractivity contribution in [3.8, 4) is 0 Å². The lowest BCUT2D eigenvalue weighted by molar-refractivity contribution is 0.429. The molecule has 18 heavy (non-hydrogen) atoms. The molecule has 0 bridgehead atoms. The summed E-state index contributed by atoms with van der Waals surface area (Å²) in [5.74, 6) is 1.11. The average Bonchev–Trinajstić information content (AvgIpc) is 2.21. The summed E-state index contributed by atoms with van der Waals surface area (Å²) in [7, 11) is 0. The van der Waals surface area contributed by atoms with Gasteiger partial charge in [0.2, 0.25) is 0 Å². The molecule has 0 aliphatic carbocycles. The molecule has 0 radical (unpaired) electrons. The van der Waals surface area contributed by atoms with Crippen molar-refractivity contribution < 1.29 is 0 Å². The van der Waals surface area contributed by atoms with E-state index in [9.17, 15) is 0 Å². The summed E-state index contributed by atoms with van der Waals surface area (Å²) < 4.78 is 0. The van der Waals surface area contributed by atoms with Gasteiger partial charge in [-0.1, -0.05) is 36.2 Å². The van der Waals surface area contributed by atoms with Gasteiger partial charge in [-0.15, -0.1) is 0 Å². The van der Waals surface area contributed by atoms with Crippen LogP contribution in [0.2, 0.25) is 0 Å². The summed E-state index contributed by atoms with van der Waals surface area (Å²) in [6, 6.07) is 6.83. The highest BCUT2D eigenvalue weighted by molar-refractivity contribution is 7.99. The molecule has 0 fully saturated rings. The number of aryl methyl sites for hydroxylation is 2. The van der Waals surface area contributed by atoms with Crippen LogP contribution >= 0.6 is 11.8 Å². The second-order valence-corrected chi connectivity index (χ2v) is 7.68. The molecule has 1 aromatic rings. The Balaban J connectivity index is 2.40. The highest BCUT2D eigenvalue weighted by Gasteiger charge is 2.11. The van der Waals surface area contributed by atoms with Gasteiger partial charge in [0.1, 0.15) is 0 Å². The predicted molar refractivity (Wildman–Crippen MR) is 84.4 cm³/mol. The minimum atomic E-state index is 0.217. The molecule has 0 aromatic heterocycles. The Labute approximate surface area is 117 Å². The predicted octanol–water partition coefficient (Wildman–Crippen LogP) is 4.31. The van der Waals surface area contributed by atoms with E-state index in [1.807, 2.05) is 11.8 Å². The van der Waals surface area contributed by atoms with E-state index < -0.39 is 0 Å². The normalized spacial score (nSPS) is 13.7. The number of benzene rings is 1. The first kappa shape index (κ1) is 15.6. The van der Waals surface area contributed by atoms with E-state index in [-0.39, 0.29) is 5.54 Å². The average molecular weight is 265 g/mol. The van der Waals surface area contributed by atoms with Crippen molar-refractivity contribution in [2.24, 2.45) is 0 Å². The Kier molecular flexibility index (Phi) is 5.74. The van der Waals surface area contributed by atoms with E-state index in [0.717, 1.165) is 12.3 Å². The van der Waals surface area contributed by atoms with Crippen LogP contribution < -0.4 is 5.32 Å². The number of hydrogen-bond acceptors (Lipinski definition) is 2. The van der Waals surface area contributed by atoms with Gasteiger partial charge >= 0.3 is 0 Å². The number of hydrogen-bond donors (Lipinski definition) is 1. The van der Waals surface area contributed by atoms with Gasteiger partial charge in [-0.25, -0.2) is 0 Å². The number of thioether (sulfide) groups is 1. The second-order valence-electron chi connectivity index (χ2n) is 6.25. The highest BCUT2D eigenvalue weighted by Crippen LogP contribution is 2.19. The zero-order valence-corrected chi connectivity index (χ0v) is 13.4. The molecule has 0 amide bonds. The molecule has 2 heteroatoms. The molecule has 0 saturated carbocycles. The van der Waals surface area contributed by atoms with E-state index in [1.165, 1.54) is 16.7 Å². The highest BCUT2D eigenvalue weighted by atomic mass is 32.2. The van der Waals surface area contributed by atoms with Gasteiger partial charge in [0.05, 0.1) is 0 Å². The van der Waals surface area contributed by atoms with Crippen molar-refractivity contribution >= 4 is 11.8 Å². The van der Waals surface area contributed by atoms with Gasteiger partial charge in [0.25, 0.3) is 0 Å². The quantitative estimate of drug-likeness (QED) is 0.851. The molecule has 1 nitrogen and oxygen atoms in total. The zero-order valence-electron chi connectivity index (χ0n) is 12.6. The summed E-state index contributed by atoms with van der Waals surface area (Å²) in [6.07, 6.45) is 0. The largest absolute Gasteiger partial charge is 0.311 e. The third kappa shape index (κ3) is 6.46. The third-order valence-electron chi connectivity index (χ3n) is 2.74. The van der Waals surface area contributed by atoms with Gasteiger partial charge in [0.15, 0.2) is 0 Å². The molecule has 1 rings (SSSR count). The monoisotopic (exact) mass is 265 g/mol. The summed E-state index contributed by atoms with van der Waals surface area (Å²) in [4.78, 5) is 0. The van der Waals surface area contributed by atoms with Crippen LogP contribution in [-0.2, 0) is 5.75 Å². The maximum absolute atomic E-state index is 3.56. The Morgan fingerprint density at radius 3 is 2.17 bits per heavy atom. The fraction of sp³-hybridized carbons (Fsp3) is 0.625. The van der Waals surface area contributed by atoms with Crippen LogP contribution in [0.4, 0.5) is 0 Å². The van der Waals surface area contributed by atoms with Crippen LogP contribution in [0.5, 0.6) is 0 Å². The maximum atomic E-state index is 3.56. The van der Waals surface area contributed by atoms with Crippen molar-refractivity contribution in [2.45, 2.75) is 58.1 Å². The van der Waals surface area contributed by atoms with E-state index >= 15 is 0 Å². The lowest BCUT2D eigenvalue weighted by Gasteiger charge is -2.23. The topological polar surface area (TPSA) is 12.0 Å². The summed E-state index contributed by atoms with van der Waals surface area (Å²) in [6.45, 7) is 14.4. The van der Waals surface area contributed by atoms with E-state index in [1.54, 1.807) is 0 Å². The lowest BCUT2D eigenvalue weighted by Crippen LogP contribution is -2.39. The lowest BCUT2D eigenvalue weighted by atomic mass is 10.1. The molecule has 0 heterocycles. The van der Waals surface area contributed by atoms with Crippen molar-refractivity contribution in [1.82, 2.24) is 5.32 Å². The van der Waals surface area contributed by atoms with Gasteiger partial charge in [-0.3, -0.25) is 0 Å². The van der Waals surface area contributed by atoms with Crippen LogP contribution in [0.15, 0.2) is 18.2 Å². The first-order valence-corrected chi connectivity index (χ1v) is 7.75. The summed E-state index contributed by atoms with van der Waals surface area (Å²) in [5.41, 5.74) is 4.40. The molecular weight excluding hydrogens is 238 g/mol. The van der Waals surface area contributed by atoms with Crippen LogP contribution in [-0.4, -0.2) is 17.3 Å². The molecule has 0 spiro atoms. The molecule has 1 atom stereocenters. The van der Waals surface area contributed by atoms with Crippen molar-refractivity contribution in [3.63, 3.8) is 0 Å². The fourth-order valence-corrected chi connectivity index (χ4v) is 2.74. The first-order valence-electron chi connectivity index (χ1n) is 6.70. The summed E-state index contributed by atoms with van der Waals surface area (Å²) >= 11 is 2.03.